The van der Waals surface area contributed by atoms with Crippen molar-refractivity contribution in [3.8, 4) is 0 Å². The summed E-state index contributed by atoms with van der Waals surface area (Å²) in [4.78, 5) is 25.7. The van der Waals surface area contributed by atoms with Gasteiger partial charge in [0.15, 0.2) is 5.94 Å². The number of hydrogen-bond donors (Lipinski definition) is 2. The van der Waals surface area contributed by atoms with Crippen LogP contribution in [0.4, 0.5) is 5.69 Å². The maximum atomic E-state index is 10.6. The van der Waals surface area contributed by atoms with E-state index in [0.29, 0.717) is 10.6 Å². The Morgan fingerprint density at radius 2 is 2.43 bits per heavy atom. The molecule has 2 rings (SSSR count). The standard InChI is InChI=1S/C8H4N2O3S/c11-2-5-7-4(9-3-10-5)1-6(14-7)8(12)13/h1,3H,(H,9,10)(H,12,13). The molecule has 1 aliphatic heterocycles. The summed E-state index contributed by atoms with van der Waals surface area (Å²) in [6.45, 7) is 0. The normalized spacial score (nSPS) is 13.0. The van der Waals surface area contributed by atoms with Gasteiger partial charge in [0, 0.05) is 0 Å². The van der Waals surface area contributed by atoms with Crippen LogP contribution in [0, 0.1) is 0 Å². The Kier molecular flexibility index (Phi) is 1.92. The zero-order chi connectivity index (χ0) is 10.1. The number of carboxylic acids is 1. The first-order valence-electron chi connectivity index (χ1n) is 3.64. The Balaban J connectivity index is 2.60. The molecule has 0 bridgehead atoms. The lowest BCUT2D eigenvalue weighted by atomic mass is 10.3. The lowest BCUT2D eigenvalue weighted by Crippen LogP contribution is -2.11. The first-order chi connectivity index (χ1) is 6.72. The lowest BCUT2D eigenvalue weighted by Gasteiger charge is -2.05. The molecular formula is C8H4N2O3S. The molecule has 70 valence electrons. The molecule has 0 unspecified atom stereocenters. The molecule has 5 nitrogen and oxygen atoms in total. The summed E-state index contributed by atoms with van der Waals surface area (Å²) < 4.78 is 0. The third-order valence-electron chi connectivity index (χ3n) is 1.66. The van der Waals surface area contributed by atoms with Gasteiger partial charge < -0.3 is 10.4 Å². The molecule has 0 aliphatic carbocycles. The Hall–Kier alpha value is -1.91. The van der Waals surface area contributed by atoms with E-state index in [2.05, 4.69) is 10.3 Å². The van der Waals surface area contributed by atoms with Gasteiger partial charge in [-0.2, -0.15) is 0 Å². The van der Waals surface area contributed by atoms with Gasteiger partial charge >= 0.3 is 5.97 Å². The first-order valence-corrected chi connectivity index (χ1v) is 4.45. The van der Waals surface area contributed by atoms with Gasteiger partial charge in [0.05, 0.1) is 16.9 Å². The van der Waals surface area contributed by atoms with Crippen molar-refractivity contribution in [1.82, 2.24) is 5.32 Å². The van der Waals surface area contributed by atoms with E-state index in [0.717, 1.165) is 11.3 Å². The van der Waals surface area contributed by atoms with Crippen molar-refractivity contribution in [2.75, 3.05) is 0 Å². The molecule has 1 aromatic heterocycles. The van der Waals surface area contributed by atoms with Crippen molar-refractivity contribution in [1.29, 1.82) is 0 Å². The van der Waals surface area contributed by atoms with Gasteiger partial charge in [-0.1, -0.05) is 0 Å². The van der Waals surface area contributed by atoms with Gasteiger partial charge in [0.2, 0.25) is 0 Å². The van der Waals surface area contributed by atoms with Crippen molar-refractivity contribution in [2.45, 2.75) is 0 Å². The third-order valence-corrected chi connectivity index (χ3v) is 2.79. The van der Waals surface area contributed by atoms with Crippen LogP contribution < -0.4 is 5.32 Å². The Bertz CT molecular complexity index is 483. The largest absolute Gasteiger partial charge is 0.477 e. The van der Waals surface area contributed by atoms with Crippen molar-refractivity contribution in [3.05, 3.63) is 15.8 Å². The highest BCUT2D eigenvalue weighted by atomic mass is 32.1. The summed E-state index contributed by atoms with van der Waals surface area (Å²) in [7, 11) is 0. The number of nitrogens with one attached hydrogen (secondary N) is 1. The number of aliphatic imine (C=N–C) groups is 1. The van der Waals surface area contributed by atoms with Gasteiger partial charge in [-0.3, -0.25) is 0 Å². The van der Waals surface area contributed by atoms with E-state index in [-0.39, 0.29) is 10.6 Å². The molecule has 0 saturated heterocycles. The number of aromatic carboxylic acids is 1. The molecule has 2 heterocycles. The van der Waals surface area contributed by atoms with Crippen LogP contribution in [-0.4, -0.2) is 23.4 Å². The highest BCUT2D eigenvalue weighted by Crippen LogP contribution is 2.34. The van der Waals surface area contributed by atoms with Crippen molar-refractivity contribution in [2.24, 2.45) is 4.99 Å². The second-order valence-electron chi connectivity index (χ2n) is 2.51. The molecule has 14 heavy (non-hydrogen) atoms. The molecule has 1 aliphatic rings. The molecule has 0 saturated carbocycles. The number of carbonyl (C=O) groups excluding carboxylic acids is 1. The van der Waals surface area contributed by atoms with Crippen LogP contribution in [0.15, 0.2) is 11.1 Å². The zero-order valence-electron chi connectivity index (χ0n) is 6.77. The molecule has 0 atom stereocenters. The highest BCUT2D eigenvalue weighted by molar-refractivity contribution is 7.15. The minimum Gasteiger partial charge on any atom is -0.477 e. The molecule has 0 amide bonds. The van der Waals surface area contributed by atoms with Crippen LogP contribution in [0.3, 0.4) is 0 Å². The number of rotatable bonds is 1. The van der Waals surface area contributed by atoms with E-state index < -0.39 is 5.97 Å². The highest BCUT2D eigenvalue weighted by Gasteiger charge is 2.19. The zero-order valence-corrected chi connectivity index (χ0v) is 7.59. The summed E-state index contributed by atoms with van der Waals surface area (Å²) in [5, 5.41) is 11.3. The SMILES string of the molecule is O=C=C1NC=Nc2cc(C(=O)O)sc21. The lowest BCUT2D eigenvalue weighted by molar-refractivity contribution is 0.0702. The fourth-order valence-corrected chi connectivity index (χ4v) is 1.97. The fraction of sp³-hybridized carbons (Fsp3) is 0. The molecule has 0 spiro atoms. The van der Waals surface area contributed by atoms with Crippen molar-refractivity contribution < 1.29 is 14.7 Å². The average molecular weight is 208 g/mol. The molecule has 0 radical (unpaired) electrons. The van der Waals surface area contributed by atoms with Gasteiger partial charge in [-0.15, -0.1) is 11.3 Å². The average Bonchev–Trinajstić information content (AvgIpc) is 2.60. The Labute approximate surface area is 82.4 Å². The molecule has 2 N–H and O–H groups in total. The van der Waals surface area contributed by atoms with Crippen LogP contribution in [0.25, 0.3) is 5.70 Å². The van der Waals surface area contributed by atoms with Gasteiger partial charge in [0.1, 0.15) is 10.6 Å². The van der Waals surface area contributed by atoms with Crippen LogP contribution in [0.5, 0.6) is 0 Å². The van der Waals surface area contributed by atoms with E-state index in [1.807, 2.05) is 0 Å². The summed E-state index contributed by atoms with van der Waals surface area (Å²) >= 11 is 1.00. The summed E-state index contributed by atoms with van der Waals surface area (Å²) in [6, 6.07) is 1.43. The van der Waals surface area contributed by atoms with Crippen molar-refractivity contribution in [3.63, 3.8) is 0 Å². The topological polar surface area (TPSA) is 78.8 Å². The Morgan fingerprint density at radius 1 is 1.64 bits per heavy atom. The molecule has 1 aromatic rings. The monoisotopic (exact) mass is 208 g/mol. The van der Waals surface area contributed by atoms with Gasteiger partial charge in [-0.25, -0.2) is 14.6 Å². The van der Waals surface area contributed by atoms with Crippen LogP contribution in [0.1, 0.15) is 14.5 Å². The fourth-order valence-electron chi connectivity index (χ4n) is 1.07. The molecule has 6 heteroatoms. The number of nitrogens with zero attached hydrogens (tertiary/aromatic N) is 1. The quantitative estimate of drug-likeness (QED) is 0.671. The van der Waals surface area contributed by atoms with Crippen LogP contribution in [0.2, 0.25) is 0 Å². The molecular weight excluding hydrogens is 204 g/mol. The smallest absolute Gasteiger partial charge is 0.345 e. The van der Waals surface area contributed by atoms with Gasteiger partial charge in [-0.05, 0) is 6.07 Å². The number of hydrogen-bond acceptors (Lipinski definition) is 5. The van der Waals surface area contributed by atoms with E-state index in [1.54, 1.807) is 5.94 Å². The number of thiophene rings is 1. The second-order valence-corrected chi connectivity index (χ2v) is 3.56. The van der Waals surface area contributed by atoms with E-state index in [9.17, 15) is 9.59 Å². The van der Waals surface area contributed by atoms with Crippen molar-refractivity contribution >= 4 is 41.0 Å². The predicted molar refractivity (Wildman–Crippen MR) is 51.7 cm³/mol. The molecule has 0 fully saturated rings. The third kappa shape index (κ3) is 1.22. The number of carbonyl (C=O) groups is 1. The first kappa shape index (κ1) is 8.68. The van der Waals surface area contributed by atoms with Gasteiger partial charge in [0.25, 0.3) is 0 Å². The van der Waals surface area contributed by atoms with E-state index in [1.165, 1.54) is 12.4 Å². The summed E-state index contributed by atoms with van der Waals surface area (Å²) in [5.74, 6) is 0.671. The van der Waals surface area contributed by atoms with Crippen LogP contribution in [-0.2, 0) is 4.79 Å². The number of fused-ring (bicyclic) bond motifs is 1. The van der Waals surface area contributed by atoms with E-state index in [4.69, 9.17) is 5.11 Å². The Morgan fingerprint density at radius 3 is 3.07 bits per heavy atom. The second kappa shape index (κ2) is 3.10. The summed E-state index contributed by atoms with van der Waals surface area (Å²) in [5.41, 5.74) is 0.719. The van der Waals surface area contributed by atoms with E-state index >= 15 is 0 Å². The number of carboxylic acid groups (broad SMARTS) is 1. The minimum absolute atomic E-state index is 0.156. The molecule has 0 aromatic carbocycles. The predicted octanol–water partition coefficient (Wildman–Crippen LogP) is 0.882. The summed E-state index contributed by atoms with van der Waals surface area (Å²) in [6.07, 6.45) is 1.33. The van der Waals surface area contributed by atoms with Crippen LogP contribution >= 0.6 is 11.3 Å². The maximum Gasteiger partial charge on any atom is 0.345 e. The minimum atomic E-state index is -1.02. The maximum absolute atomic E-state index is 10.6.